The number of ketones is 1. The molecule has 1 fully saturated rings. The summed E-state index contributed by atoms with van der Waals surface area (Å²) in [5.41, 5.74) is 2.13. The number of rotatable bonds is 7. The van der Waals surface area contributed by atoms with Gasteiger partial charge in [0.05, 0.1) is 12.2 Å². The summed E-state index contributed by atoms with van der Waals surface area (Å²) in [6.07, 6.45) is 6.47. The fourth-order valence-corrected chi connectivity index (χ4v) is 2.76. The predicted octanol–water partition coefficient (Wildman–Crippen LogP) is 2.11. The van der Waals surface area contributed by atoms with E-state index in [4.69, 9.17) is 0 Å². The Balaban J connectivity index is 1.85. The summed E-state index contributed by atoms with van der Waals surface area (Å²) >= 11 is 0. The summed E-state index contributed by atoms with van der Waals surface area (Å²) < 4.78 is 1.95. The molecule has 4 heteroatoms. The lowest BCUT2D eigenvalue weighted by Gasteiger charge is -2.11. The van der Waals surface area contributed by atoms with Crippen LogP contribution in [0, 0.1) is 0 Å². The van der Waals surface area contributed by atoms with Crippen LogP contribution >= 0.6 is 0 Å². The highest BCUT2D eigenvalue weighted by molar-refractivity contribution is 5.82. The van der Waals surface area contributed by atoms with Gasteiger partial charge in [-0.15, -0.1) is 0 Å². The number of carbonyl (C=O) groups excluding carboxylic acids is 1. The smallest absolute Gasteiger partial charge is 0.152 e. The van der Waals surface area contributed by atoms with E-state index in [0.717, 1.165) is 24.4 Å². The highest BCUT2D eigenvalue weighted by Crippen LogP contribution is 2.17. The SMILES string of the molecule is CCc1cc(CC(=O)CNC2CCCC2)n(CC)n1. The topological polar surface area (TPSA) is 46.9 Å². The minimum Gasteiger partial charge on any atom is -0.307 e. The second-order valence-corrected chi connectivity index (χ2v) is 5.37. The van der Waals surface area contributed by atoms with Gasteiger partial charge in [0.15, 0.2) is 5.78 Å². The number of nitrogens with zero attached hydrogens (tertiary/aromatic N) is 2. The molecule has 1 aromatic rings. The third kappa shape index (κ3) is 3.90. The summed E-state index contributed by atoms with van der Waals surface area (Å²) in [5, 5.41) is 7.86. The van der Waals surface area contributed by atoms with Gasteiger partial charge in [0, 0.05) is 24.7 Å². The summed E-state index contributed by atoms with van der Waals surface area (Å²) in [7, 11) is 0. The zero-order valence-electron chi connectivity index (χ0n) is 12.1. The predicted molar refractivity (Wildman–Crippen MR) is 76.2 cm³/mol. The van der Waals surface area contributed by atoms with E-state index in [1.807, 2.05) is 4.68 Å². The van der Waals surface area contributed by atoms with Gasteiger partial charge in [0.25, 0.3) is 0 Å². The molecule has 1 aliphatic rings. The molecule has 0 spiro atoms. The number of carbonyl (C=O) groups is 1. The van der Waals surface area contributed by atoms with Crippen LogP contribution in [-0.4, -0.2) is 28.2 Å². The summed E-state index contributed by atoms with van der Waals surface area (Å²) in [5.74, 6) is 0.268. The van der Waals surface area contributed by atoms with Gasteiger partial charge in [-0.25, -0.2) is 0 Å². The molecule has 0 radical (unpaired) electrons. The zero-order chi connectivity index (χ0) is 13.7. The average molecular weight is 263 g/mol. The Morgan fingerprint density at radius 2 is 2.16 bits per heavy atom. The molecule has 0 bridgehead atoms. The lowest BCUT2D eigenvalue weighted by Crippen LogP contribution is -2.32. The van der Waals surface area contributed by atoms with Crippen molar-refractivity contribution in [2.45, 2.75) is 65.0 Å². The van der Waals surface area contributed by atoms with Gasteiger partial charge in [0.2, 0.25) is 0 Å². The van der Waals surface area contributed by atoms with Crippen molar-refractivity contribution in [3.63, 3.8) is 0 Å². The van der Waals surface area contributed by atoms with Crippen molar-refractivity contribution in [3.8, 4) is 0 Å². The molecule has 0 unspecified atom stereocenters. The summed E-state index contributed by atoms with van der Waals surface area (Å²) in [6, 6.07) is 2.63. The standard InChI is InChI=1S/C15H25N3O/c1-3-12-9-14(18(4-2)17-12)10-15(19)11-16-13-7-5-6-8-13/h9,13,16H,3-8,10-11H2,1-2H3. The molecule has 2 rings (SSSR count). The maximum absolute atomic E-state index is 12.0. The number of Topliss-reactive ketones (excluding diaryl/α,β-unsaturated/α-hetero) is 1. The molecule has 1 aliphatic carbocycles. The van der Waals surface area contributed by atoms with E-state index in [-0.39, 0.29) is 5.78 Å². The molecular formula is C15H25N3O. The Morgan fingerprint density at radius 1 is 1.42 bits per heavy atom. The highest BCUT2D eigenvalue weighted by Gasteiger charge is 2.16. The van der Waals surface area contributed by atoms with E-state index in [9.17, 15) is 4.79 Å². The zero-order valence-corrected chi connectivity index (χ0v) is 12.1. The van der Waals surface area contributed by atoms with Crippen molar-refractivity contribution in [3.05, 3.63) is 17.5 Å². The molecule has 0 saturated heterocycles. The van der Waals surface area contributed by atoms with Crippen molar-refractivity contribution < 1.29 is 4.79 Å². The molecule has 1 heterocycles. The monoisotopic (exact) mass is 263 g/mol. The van der Waals surface area contributed by atoms with Gasteiger partial charge in [0.1, 0.15) is 0 Å². The minimum absolute atomic E-state index is 0.268. The molecule has 0 aliphatic heterocycles. The lowest BCUT2D eigenvalue weighted by atomic mass is 10.2. The molecule has 1 aromatic heterocycles. The lowest BCUT2D eigenvalue weighted by molar-refractivity contribution is -0.117. The molecule has 1 N–H and O–H groups in total. The van der Waals surface area contributed by atoms with Gasteiger partial charge >= 0.3 is 0 Å². The van der Waals surface area contributed by atoms with Crippen LogP contribution in [0.15, 0.2) is 6.07 Å². The third-order valence-electron chi connectivity index (χ3n) is 3.90. The van der Waals surface area contributed by atoms with Gasteiger partial charge in [-0.3, -0.25) is 9.48 Å². The van der Waals surface area contributed by atoms with Gasteiger partial charge in [-0.2, -0.15) is 5.10 Å². The number of aromatic nitrogens is 2. The molecule has 1 saturated carbocycles. The van der Waals surface area contributed by atoms with E-state index in [2.05, 4.69) is 30.3 Å². The van der Waals surface area contributed by atoms with Gasteiger partial charge in [-0.1, -0.05) is 19.8 Å². The maximum Gasteiger partial charge on any atom is 0.152 e. The van der Waals surface area contributed by atoms with Crippen LogP contribution in [0.5, 0.6) is 0 Å². The summed E-state index contributed by atoms with van der Waals surface area (Å²) in [6.45, 7) is 5.49. The largest absolute Gasteiger partial charge is 0.307 e. The molecular weight excluding hydrogens is 238 g/mol. The second-order valence-electron chi connectivity index (χ2n) is 5.37. The van der Waals surface area contributed by atoms with Gasteiger partial charge in [-0.05, 0) is 32.3 Å². The first-order chi connectivity index (χ1) is 9.22. The molecule has 0 atom stereocenters. The van der Waals surface area contributed by atoms with E-state index in [1.54, 1.807) is 0 Å². The van der Waals surface area contributed by atoms with Crippen LogP contribution in [-0.2, 0) is 24.2 Å². The maximum atomic E-state index is 12.0. The molecule has 19 heavy (non-hydrogen) atoms. The van der Waals surface area contributed by atoms with Crippen LogP contribution < -0.4 is 5.32 Å². The van der Waals surface area contributed by atoms with Crippen molar-refractivity contribution in [2.75, 3.05) is 6.54 Å². The van der Waals surface area contributed by atoms with E-state index in [0.29, 0.717) is 19.0 Å². The van der Waals surface area contributed by atoms with E-state index >= 15 is 0 Å². The van der Waals surface area contributed by atoms with Crippen molar-refractivity contribution in [1.29, 1.82) is 0 Å². The van der Waals surface area contributed by atoms with Crippen molar-refractivity contribution in [1.82, 2.24) is 15.1 Å². The van der Waals surface area contributed by atoms with Crippen LogP contribution in [0.2, 0.25) is 0 Å². The number of aryl methyl sites for hydroxylation is 2. The molecule has 4 nitrogen and oxygen atoms in total. The third-order valence-corrected chi connectivity index (χ3v) is 3.90. The first kappa shape index (κ1) is 14.3. The summed E-state index contributed by atoms with van der Waals surface area (Å²) in [4.78, 5) is 12.0. The van der Waals surface area contributed by atoms with Gasteiger partial charge < -0.3 is 5.32 Å². The number of hydrogen-bond acceptors (Lipinski definition) is 3. The van der Waals surface area contributed by atoms with Crippen molar-refractivity contribution >= 4 is 5.78 Å². The van der Waals surface area contributed by atoms with E-state index < -0.39 is 0 Å². The quantitative estimate of drug-likeness (QED) is 0.819. The number of hydrogen-bond donors (Lipinski definition) is 1. The minimum atomic E-state index is 0.268. The molecule has 0 amide bonds. The van der Waals surface area contributed by atoms with E-state index in [1.165, 1.54) is 25.7 Å². The average Bonchev–Trinajstić information content (AvgIpc) is 3.05. The van der Waals surface area contributed by atoms with Crippen molar-refractivity contribution in [2.24, 2.45) is 0 Å². The first-order valence-electron chi connectivity index (χ1n) is 7.53. The Labute approximate surface area is 115 Å². The Morgan fingerprint density at radius 3 is 2.79 bits per heavy atom. The normalized spacial score (nSPS) is 16.1. The Hall–Kier alpha value is -1.16. The fraction of sp³-hybridized carbons (Fsp3) is 0.733. The highest BCUT2D eigenvalue weighted by atomic mass is 16.1. The van der Waals surface area contributed by atoms with Crippen LogP contribution in [0.4, 0.5) is 0 Å². The molecule has 106 valence electrons. The Bertz CT molecular complexity index is 419. The second kappa shape index (κ2) is 6.85. The molecule has 0 aromatic carbocycles. The number of nitrogens with one attached hydrogen (secondary N) is 1. The first-order valence-corrected chi connectivity index (χ1v) is 7.53. The Kier molecular flexibility index (Phi) is 5.14. The fourth-order valence-electron chi connectivity index (χ4n) is 2.76. The van der Waals surface area contributed by atoms with Crippen LogP contribution in [0.1, 0.15) is 50.9 Å². The van der Waals surface area contributed by atoms with Crippen LogP contribution in [0.3, 0.4) is 0 Å². The van der Waals surface area contributed by atoms with Crippen LogP contribution in [0.25, 0.3) is 0 Å².